The molecule has 0 bridgehead atoms. The highest BCUT2D eigenvalue weighted by atomic mass is 15.2. The highest BCUT2D eigenvalue weighted by molar-refractivity contribution is 5.56. The normalized spacial score (nSPS) is 10.2. The van der Waals surface area contributed by atoms with Gasteiger partial charge in [-0.3, -0.25) is 0 Å². The summed E-state index contributed by atoms with van der Waals surface area (Å²) in [7, 11) is 0. The van der Waals surface area contributed by atoms with Gasteiger partial charge in [0.25, 0.3) is 0 Å². The van der Waals surface area contributed by atoms with Crippen molar-refractivity contribution < 1.29 is 0 Å². The molecule has 0 unspecified atom stereocenters. The summed E-state index contributed by atoms with van der Waals surface area (Å²) in [4.78, 5) is 12.7. The second-order valence-electron chi connectivity index (χ2n) is 4.96. The SMILES string of the molecule is CC.Cc1nc(C)nc(Nc2ccc(N=Nc3ccccc3)cc2)n1. The fourth-order valence-corrected chi connectivity index (χ4v) is 2.02. The van der Waals surface area contributed by atoms with Crippen molar-refractivity contribution in [3.8, 4) is 0 Å². The van der Waals surface area contributed by atoms with Gasteiger partial charge in [-0.1, -0.05) is 32.0 Å². The van der Waals surface area contributed by atoms with Crippen LogP contribution in [0.2, 0.25) is 0 Å². The van der Waals surface area contributed by atoms with Crippen LogP contribution in [0, 0.1) is 13.8 Å². The Morgan fingerprint density at radius 2 is 1.20 bits per heavy atom. The van der Waals surface area contributed by atoms with Crippen LogP contribution in [0.1, 0.15) is 25.5 Å². The van der Waals surface area contributed by atoms with Gasteiger partial charge in [0.2, 0.25) is 5.95 Å². The van der Waals surface area contributed by atoms with Crippen LogP contribution in [0.5, 0.6) is 0 Å². The van der Waals surface area contributed by atoms with Crippen molar-refractivity contribution in [3.63, 3.8) is 0 Å². The Morgan fingerprint density at radius 3 is 1.76 bits per heavy atom. The van der Waals surface area contributed by atoms with Gasteiger partial charge in [0, 0.05) is 5.69 Å². The molecule has 0 aliphatic rings. The third-order valence-corrected chi connectivity index (χ3v) is 3.02. The number of hydrogen-bond acceptors (Lipinski definition) is 6. The number of rotatable bonds is 4. The first-order valence-electron chi connectivity index (χ1n) is 8.22. The molecule has 1 N–H and O–H groups in total. The van der Waals surface area contributed by atoms with E-state index in [-0.39, 0.29) is 0 Å². The molecule has 0 saturated carbocycles. The third-order valence-electron chi connectivity index (χ3n) is 3.02. The quantitative estimate of drug-likeness (QED) is 0.623. The zero-order valence-corrected chi connectivity index (χ0v) is 14.9. The van der Waals surface area contributed by atoms with Gasteiger partial charge in [0.1, 0.15) is 11.6 Å². The van der Waals surface area contributed by atoms with E-state index in [0.717, 1.165) is 17.1 Å². The van der Waals surface area contributed by atoms with E-state index in [1.54, 1.807) is 0 Å². The van der Waals surface area contributed by atoms with Crippen molar-refractivity contribution in [1.82, 2.24) is 15.0 Å². The Bertz CT molecular complexity index is 793. The van der Waals surface area contributed by atoms with Gasteiger partial charge in [-0.15, -0.1) is 0 Å². The maximum Gasteiger partial charge on any atom is 0.230 e. The molecule has 1 heterocycles. The smallest absolute Gasteiger partial charge is 0.230 e. The second-order valence-corrected chi connectivity index (χ2v) is 4.96. The Labute approximate surface area is 148 Å². The molecule has 0 radical (unpaired) electrons. The minimum absolute atomic E-state index is 0.536. The van der Waals surface area contributed by atoms with Crippen molar-refractivity contribution >= 4 is 23.0 Å². The van der Waals surface area contributed by atoms with Gasteiger partial charge >= 0.3 is 0 Å². The molecular formula is C19H22N6. The molecule has 0 fully saturated rings. The Morgan fingerprint density at radius 1 is 0.680 bits per heavy atom. The van der Waals surface area contributed by atoms with E-state index < -0.39 is 0 Å². The highest BCUT2D eigenvalue weighted by Crippen LogP contribution is 2.21. The van der Waals surface area contributed by atoms with E-state index in [2.05, 4.69) is 30.5 Å². The standard InChI is InChI=1S/C17H16N6.C2H6/c1-12-18-13(2)20-17(19-12)21-14-8-10-16(11-9-14)23-22-15-6-4-3-5-7-15;1-2/h3-11H,1-2H3,(H,18,19,20,21);1-2H3. The average molecular weight is 334 g/mol. The number of anilines is 2. The summed E-state index contributed by atoms with van der Waals surface area (Å²) in [5, 5.41) is 11.5. The van der Waals surface area contributed by atoms with Crippen LogP contribution in [0.4, 0.5) is 23.0 Å². The minimum atomic E-state index is 0.536. The van der Waals surface area contributed by atoms with Gasteiger partial charge in [-0.2, -0.15) is 20.2 Å². The minimum Gasteiger partial charge on any atom is -0.324 e. The lowest BCUT2D eigenvalue weighted by Crippen LogP contribution is -2.02. The molecule has 1 aromatic heterocycles. The number of aryl methyl sites for hydroxylation is 2. The topological polar surface area (TPSA) is 75.4 Å². The van der Waals surface area contributed by atoms with Crippen LogP contribution in [-0.4, -0.2) is 15.0 Å². The predicted octanol–water partition coefficient (Wildman–Crippen LogP) is 5.67. The van der Waals surface area contributed by atoms with Crippen LogP contribution in [0.25, 0.3) is 0 Å². The first-order valence-corrected chi connectivity index (χ1v) is 8.22. The maximum atomic E-state index is 4.25. The Hall–Kier alpha value is -3.15. The first-order chi connectivity index (χ1) is 12.2. The molecule has 0 saturated heterocycles. The van der Waals surface area contributed by atoms with E-state index in [4.69, 9.17) is 0 Å². The van der Waals surface area contributed by atoms with Crippen LogP contribution in [0.15, 0.2) is 64.8 Å². The zero-order chi connectivity index (χ0) is 18.1. The Kier molecular flexibility index (Phi) is 6.71. The molecular weight excluding hydrogens is 312 g/mol. The summed E-state index contributed by atoms with van der Waals surface area (Å²) in [6.07, 6.45) is 0. The monoisotopic (exact) mass is 334 g/mol. The summed E-state index contributed by atoms with van der Waals surface area (Å²) < 4.78 is 0. The zero-order valence-electron chi connectivity index (χ0n) is 14.9. The molecule has 128 valence electrons. The summed E-state index contributed by atoms with van der Waals surface area (Å²) in [5.74, 6) is 1.91. The van der Waals surface area contributed by atoms with Crippen LogP contribution < -0.4 is 5.32 Å². The lowest BCUT2D eigenvalue weighted by atomic mass is 10.3. The predicted molar refractivity (Wildman–Crippen MR) is 101 cm³/mol. The van der Waals surface area contributed by atoms with Gasteiger partial charge in [0.05, 0.1) is 11.4 Å². The van der Waals surface area contributed by atoms with Crippen LogP contribution in [0.3, 0.4) is 0 Å². The molecule has 2 aromatic carbocycles. The third kappa shape index (κ3) is 5.76. The van der Waals surface area contributed by atoms with Crippen molar-refractivity contribution in [2.24, 2.45) is 10.2 Å². The molecule has 3 aromatic rings. The van der Waals surface area contributed by atoms with Crippen molar-refractivity contribution in [3.05, 3.63) is 66.2 Å². The van der Waals surface area contributed by atoms with E-state index in [1.165, 1.54) is 0 Å². The van der Waals surface area contributed by atoms with E-state index in [9.17, 15) is 0 Å². The summed E-state index contributed by atoms with van der Waals surface area (Å²) in [5.41, 5.74) is 2.49. The summed E-state index contributed by atoms with van der Waals surface area (Å²) in [6, 6.07) is 17.2. The van der Waals surface area contributed by atoms with Crippen LogP contribution >= 0.6 is 0 Å². The first kappa shape index (κ1) is 18.2. The van der Waals surface area contributed by atoms with E-state index in [0.29, 0.717) is 17.6 Å². The number of nitrogens with one attached hydrogen (secondary N) is 1. The van der Waals surface area contributed by atoms with E-state index in [1.807, 2.05) is 82.3 Å². The van der Waals surface area contributed by atoms with Gasteiger partial charge in [0.15, 0.2) is 0 Å². The molecule has 25 heavy (non-hydrogen) atoms. The Balaban J connectivity index is 0.00000109. The van der Waals surface area contributed by atoms with Gasteiger partial charge < -0.3 is 5.32 Å². The highest BCUT2D eigenvalue weighted by Gasteiger charge is 2.01. The van der Waals surface area contributed by atoms with Crippen molar-refractivity contribution in [2.45, 2.75) is 27.7 Å². The molecule has 0 spiro atoms. The summed E-state index contributed by atoms with van der Waals surface area (Å²) in [6.45, 7) is 7.68. The van der Waals surface area contributed by atoms with Crippen LogP contribution in [-0.2, 0) is 0 Å². The molecule has 6 heteroatoms. The van der Waals surface area contributed by atoms with E-state index >= 15 is 0 Å². The van der Waals surface area contributed by atoms with Gasteiger partial charge in [-0.25, -0.2) is 4.98 Å². The number of hydrogen-bond donors (Lipinski definition) is 1. The summed E-state index contributed by atoms with van der Waals surface area (Å²) >= 11 is 0. The number of benzene rings is 2. The second kappa shape index (κ2) is 9.22. The fourth-order valence-electron chi connectivity index (χ4n) is 2.02. The molecule has 3 rings (SSSR count). The van der Waals surface area contributed by atoms with Crippen molar-refractivity contribution in [1.29, 1.82) is 0 Å². The molecule has 0 atom stereocenters. The lowest BCUT2D eigenvalue weighted by molar-refractivity contribution is 0.928. The van der Waals surface area contributed by atoms with Gasteiger partial charge in [-0.05, 0) is 50.2 Å². The number of aromatic nitrogens is 3. The number of nitrogens with zero attached hydrogens (tertiary/aromatic N) is 5. The largest absolute Gasteiger partial charge is 0.324 e. The lowest BCUT2D eigenvalue weighted by Gasteiger charge is -2.05. The molecule has 6 nitrogen and oxygen atoms in total. The average Bonchev–Trinajstić information content (AvgIpc) is 2.63. The molecule has 0 amide bonds. The maximum absolute atomic E-state index is 4.25. The van der Waals surface area contributed by atoms with Crippen molar-refractivity contribution in [2.75, 3.05) is 5.32 Å². The molecule has 0 aliphatic heterocycles. The molecule has 0 aliphatic carbocycles. The number of azo groups is 1. The fraction of sp³-hybridized carbons (Fsp3) is 0.211.